The van der Waals surface area contributed by atoms with Crippen LogP contribution in [0.25, 0.3) is 0 Å². The number of urea groups is 1. The van der Waals surface area contributed by atoms with E-state index in [1.165, 1.54) is 25.7 Å². The zero-order chi connectivity index (χ0) is 64.8. The molecule has 0 unspecified atom stereocenters. The number of hydrogen-bond acceptors (Lipinski definition) is 20. The number of nitrogens with one attached hydrogen (secondary N) is 5. The van der Waals surface area contributed by atoms with Crippen LogP contribution in [0.5, 0.6) is 0 Å². The number of likely N-dealkylation sites (tertiary alicyclic amines) is 4. The first kappa shape index (κ1) is 74.0. The molecule has 8 rings (SSSR count). The lowest BCUT2D eigenvalue weighted by molar-refractivity contribution is -0.121. The maximum absolute atomic E-state index is 14.2. The molecule has 0 spiro atoms. The van der Waals surface area contributed by atoms with Crippen LogP contribution in [0.4, 0.5) is 16.2 Å². The number of fused-ring (bicyclic) bond motifs is 1. The lowest BCUT2D eigenvalue weighted by atomic mass is 10.00. The van der Waals surface area contributed by atoms with Crippen molar-refractivity contribution in [3.05, 3.63) is 59.2 Å². The molecule has 6 aliphatic heterocycles. The van der Waals surface area contributed by atoms with Crippen molar-refractivity contribution in [1.82, 2.24) is 40.9 Å². The zero-order valence-electron chi connectivity index (χ0n) is 55.0. The fourth-order valence-electron chi connectivity index (χ4n) is 12.5. The molecule has 3 atom stereocenters. The molecule has 2 aromatic carbocycles. The smallest absolute Gasteiger partial charge is 0.315 e. The number of ether oxygens (including phenoxy) is 11. The Morgan fingerprint density at radius 2 is 0.892 bits per heavy atom. The first-order valence-electron chi connectivity index (χ1n) is 34.5. The van der Waals surface area contributed by atoms with Crippen LogP contribution in [0.3, 0.4) is 0 Å². The minimum absolute atomic E-state index is 0.0124. The molecule has 6 fully saturated rings. The Morgan fingerprint density at radius 1 is 0.473 bits per heavy atom. The molecular formula is C67H107N9O16S. The van der Waals surface area contributed by atoms with Crippen molar-refractivity contribution in [2.75, 3.05) is 222 Å². The standard InChI is InChI=1S/C67H107N9O16S/c77-62(8-2-1-7-61-63-60(52-93-61)71-67(81)72-63)68-19-29-82-31-33-84-35-37-86-39-41-88-43-45-90-47-49-92-50-48-91-46-44-89-42-40-87-38-36-85-34-32-83-30-20-69-64(78)53-9-12-55(13-10-53)70-59-51-54(65(79)75-25-15-56(16-26-75)73-21-3-4-22-73)11-14-58(59)66(80)76-27-17-57(18-28-76)74-23-5-6-24-74/h9-14,51,56-57,60-61,63,70H,1-8,15-50,52H2,(H,68,77)(H,69,78)(H2,71,72,81)/t60-,61-,63-/m0/s1. The Balaban J connectivity index is 0.538. The second-order valence-corrected chi connectivity index (χ2v) is 25.5. The number of hydrogen-bond donors (Lipinski definition) is 5. The third kappa shape index (κ3) is 27.3. The minimum Gasteiger partial charge on any atom is -0.377 e. The van der Waals surface area contributed by atoms with Crippen molar-refractivity contribution in [2.45, 2.75) is 106 Å². The lowest BCUT2D eigenvalue weighted by Crippen LogP contribution is -2.46. The summed E-state index contributed by atoms with van der Waals surface area (Å²) in [5.74, 6) is 0.715. The predicted molar refractivity (Wildman–Crippen MR) is 354 cm³/mol. The van der Waals surface area contributed by atoms with E-state index < -0.39 is 0 Å². The first-order chi connectivity index (χ1) is 45.8. The van der Waals surface area contributed by atoms with Gasteiger partial charge in [-0.2, -0.15) is 11.8 Å². The number of piperidine rings is 2. The van der Waals surface area contributed by atoms with Crippen LogP contribution in [0.15, 0.2) is 42.5 Å². The minimum atomic E-state index is -0.222. The fraction of sp³-hybridized carbons (Fsp3) is 0.746. The number of thioether (sulfide) groups is 1. The maximum Gasteiger partial charge on any atom is 0.315 e. The van der Waals surface area contributed by atoms with Crippen LogP contribution in [-0.2, 0) is 56.9 Å². The molecule has 0 radical (unpaired) electrons. The summed E-state index contributed by atoms with van der Waals surface area (Å²) in [4.78, 5) is 73.9. The van der Waals surface area contributed by atoms with Crippen molar-refractivity contribution in [3.63, 3.8) is 0 Å². The van der Waals surface area contributed by atoms with E-state index in [2.05, 4.69) is 36.4 Å². The van der Waals surface area contributed by atoms with Gasteiger partial charge in [0.1, 0.15) is 0 Å². The Labute approximate surface area is 554 Å². The van der Waals surface area contributed by atoms with E-state index in [0.717, 1.165) is 90.0 Å². The molecule has 6 saturated heterocycles. The summed E-state index contributed by atoms with van der Waals surface area (Å²) in [6.45, 7) is 18.1. The van der Waals surface area contributed by atoms with Gasteiger partial charge >= 0.3 is 6.03 Å². The SMILES string of the molecule is O=C(CCCC[C@@H]1SC[C@@H]2NC(=O)N[C@@H]21)NCCOCCOCCOCCOCCOCCOCCOCCOCCOCCOCCOCCNC(=O)c1ccc(Nc2cc(C(=O)N3CCC(N4CCCC4)CC3)ccc2C(=O)N2CCC(N3CCCC3)CC2)cc1. The topological polar surface area (TPSA) is 260 Å². The molecule has 0 saturated carbocycles. The average Bonchev–Trinajstić information content (AvgIpc) is 1.77. The monoisotopic (exact) mass is 1330 g/mol. The van der Waals surface area contributed by atoms with E-state index in [4.69, 9.17) is 52.1 Å². The van der Waals surface area contributed by atoms with Crippen molar-refractivity contribution in [3.8, 4) is 0 Å². The van der Waals surface area contributed by atoms with Crippen molar-refractivity contribution in [1.29, 1.82) is 0 Å². The Bertz CT molecular complexity index is 2450. The summed E-state index contributed by atoms with van der Waals surface area (Å²) in [5, 5.41) is 15.7. The highest BCUT2D eigenvalue weighted by Gasteiger charge is 2.42. The Morgan fingerprint density at radius 3 is 1.35 bits per heavy atom. The number of benzene rings is 2. The normalized spacial score (nSPS) is 19.7. The van der Waals surface area contributed by atoms with Gasteiger partial charge in [-0.3, -0.25) is 19.2 Å². The molecule has 25 nitrogen and oxygen atoms in total. The molecule has 0 bridgehead atoms. The van der Waals surface area contributed by atoms with E-state index in [1.54, 1.807) is 12.1 Å². The van der Waals surface area contributed by atoms with Gasteiger partial charge in [-0.05, 0) is 133 Å². The molecule has 6 aliphatic rings. The first-order valence-corrected chi connectivity index (χ1v) is 35.5. The molecule has 0 aromatic heterocycles. The Hall–Kier alpha value is -4.78. The summed E-state index contributed by atoms with van der Waals surface area (Å²) in [5.41, 5.74) is 2.88. The largest absolute Gasteiger partial charge is 0.377 e. The van der Waals surface area contributed by atoms with Gasteiger partial charge in [-0.25, -0.2) is 4.79 Å². The highest BCUT2D eigenvalue weighted by molar-refractivity contribution is 8.00. The van der Waals surface area contributed by atoms with Crippen molar-refractivity contribution in [2.24, 2.45) is 0 Å². The molecular weight excluding hydrogens is 1220 g/mol. The number of amides is 6. The zero-order valence-corrected chi connectivity index (χ0v) is 55.8. The van der Waals surface area contributed by atoms with E-state index >= 15 is 0 Å². The van der Waals surface area contributed by atoms with Crippen LogP contribution in [0, 0.1) is 0 Å². The predicted octanol–water partition coefficient (Wildman–Crippen LogP) is 4.59. The average molecular weight is 1330 g/mol. The number of carbonyl (C=O) groups is 5. The number of nitrogens with zero attached hydrogens (tertiary/aromatic N) is 4. The Kier molecular flexibility index (Phi) is 35.1. The van der Waals surface area contributed by atoms with Crippen molar-refractivity contribution >= 4 is 52.8 Å². The van der Waals surface area contributed by atoms with Gasteiger partial charge in [0.05, 0.1) is 169 Å². The van der Waals surface area contributed by atoms with E-state index in [1.807, 2.05) is 51.9 Å². The molecule has 93 heavy (non-hydrogen) atoms. The second-order valence-electron chi connectivity index (χ2n) is 24.2. The van der Waals surface area contributed by atoms with Gasteiger partial charge in [0.15, 0.2) is 0 Å². The maximum atomic E-state index is 14.2. The van der Waals surface area contributed by atoms with Crippen LogP contribution >= 0.6 is 11.8 Å². The summed E-state index contributed by atoms with van der Waals surface area (Å²) in [6.07, 6.45) is 12.2. The third-order valence-corrected chi connectivity index (χ3v) is 19.2. The van der Waals surface area contributed by atoms with Gasteiger partial charge in [0.25, 0.3) is 17.7 Å². The molecule has 6 amide bonds. The molecule has 6 heterocycles. The second kappa shape index (κ2) is 44.1. The fourth-order valence-corrected chi connectivity index (χ4v) is 14.1. The lowest BCUT2D eigenvalue weighted by Gasteiger charge is -2.37. The van der Waals surface area contributed by atoms with E-state index in [-0.39, 0.29) is 41.7 Å². The number of rotatable bonds is 48. The van der Waals surface area contributed by atoms with Gasteiger partial charge in [-0.15, -0.1) is 0 Å². The van der Waals surface area contributed by atoms with Crippen LogP contribution < -0.4 is 26.6 Å². The molecule has 2 aromatic rings. The summed E-state index contributed by atoms with van der Waals surface area (Å²) >= 11 is 1.90. The van der Waals surface area contributed by atoms with E-state index in [0.29, 0.717) is 223 Å². The van der Waals surface area contributed by atoms with Crippen molar-refractivity contribution < 1.29 is 76.1 Å². The quantitative estimate of drug-likeness (QED) is 0.0449. The number of anilines is 2. The van der Waals surface area contributed by atoms with Gasteiger partial charge < -0.3 is 98.3 Å². The number of unbranched alkanes of at least 4 members (excludes halogenated alkanes) is 1. The van der Waals surface area contributed by atoms with Gasteiger partial charge in [0, 0.05) is 85.6 Å². The summed E-state index contributed by atoms with van der Waals surface area (Å²) in [6, 6.07) is 14.0. The van der Waals surface area contributed by atoms with Gasteiger partial charge in [-0.1, -0.05) is 6.42 Å². The van der Waals surface area contributed by atoms with Crippen LogP contribution in [0.1, 0.15) is 108 Å². The highest BCUT2D eigenvalue weighted by Crippen LogP contribution is 2.34. The highest BCUT2D eigenvalue weighted by atomic mass is 32.2. The summed E-state index contributed by atoms with van der Waals surface area (Å²) in [7, 11) is 0. The molecule has 522 valence electrons. The molecule has 26 heteroatoms. The van der Waals surface area contributed by atoms with Crippen LogP contribution in [0.2, 0.25) is 0 Å². The molecule has 5 N–H and O–H groups in total. The number of carbonyl (C=O) groups excluding carboxylic acids is 5. The summed E-state index contributed by atoms with van der Waals surface area (Å²) < 4.78 is 61.2. The molecule has 0 aliphatic carbocycles. The van der Waals surface area contributed by atoms with E-state index in [9.17, 15) is 24.0 Å². The van der Waals surface area contributed by atoms with Gasteiger partial charge in [0.2, 0.25) is 5.91 Å². The third-order valence-electron chi connectivity index (χ3n) is 17.6. The van der Waals surface area contributed by atoms with Crippen LogP contribution in [-0.4, -0.2) is 295 Å².